The zero-order chi connectivity index (χ0) is 23.9. The minimum atomic E-state index is -2.41. The summed E-state index contributed by atoms with van der Waals surface area (Å²) in [6, 6.07) is 25.6. The number of rotatable bonds is 8. The van der Waals surface area contributed by atoms with Crippen molar-refractivity contribution in [1.82, 2.24) is 4.98 Å². The van der Waals surface area contributed by atoms with Crippen LogP contribution >= 0.6 is 11.3 Å². The summed E-state index contributed by atoms with van der Waals surface area (Å²) in [6.45, 7) is 0.286. The number of aromatic nitrogens is 1. The zero-order valence-electron chi connectivity index (χ0n) is 18.4. The Morgan fingerprint density at radius 2 is 1.74 bits per heavy atom. The first-order valence-corrected chi connectivity index (χ1v) is 12.3. The van der Waals surface area contributed by atoms with Crippen molar-refractivity contribution in [2.24, 2.45) is 0 Å². The van der Waals surface area contributed by atoms with E-state index in [1.165, 1.54) is 20.5 Å². The van der Waals surface area contributed by atoms with Gasteiger partial charge in [-0.3, -0.25) is 18.4 Å². The van der Waals surface area contributed by atoms with Gasteiger partial charge in [0.15, 0.2) is 0 Å². The number of amides is 1. The van der Waals surface area contributed by atoms with Gasteiger partial charge in [0.1, 0.15) is 10.8 Å². The highest BCUT2D eigenvalue weighted by atomic mass is 32.2. The van der Waals surface area contributed by atoms with Crippen LogP contribution < -0.4 is 13.9 Å². The summed E-state index contributed by atoms with van der Waals surface area (Å²) in [5, 5.41) is 0.628. The number of carbonyl (C=O) groups is 1. The molecule has 4 rings (SSSR count). The molecule has 34 heavy (non-hydrogen) atoms. The first-order chi connectivity index (χ1) is 16.5. The lowest BCUT2D eigenvalue weighted by Crippen LogP contribution is -2.29. The Morgan fingerprint density at radius 3 is 2.41 bits per heavy atom. The largest absolute Gasteiger partial charge is 0.755 e. The Labute approximate surface area is 204 Å². The molecule has 0 aliphatic rings. The van der Waals surface area contributed by atoms with Gasteiger partial charge in [-0.25, -0.2) is 4.79 Å². The van der Waals surface area contributed by atoms with Crippen molar-refractivity contribution < 1.29 is 18.3 Å². The van der Waals surface area contributed by atoms with Crippen LogP contribution in [-0.2, 0) is 17.7 Å². The number of hydrogen-bond donors (Lipinski definition) is 0. The van der Waals surface area contributed by atoms with Crippen LogP contribution in [0.25, 0.3) is 10.6 Å². The fourth-order valence-electron chi connectivity index (χ4n) is 3.25. The average molecular weight is 493 g/mol. The van der Waals surface area contributed by atoms with Crippen molar-refractivity contribution in [3.63, 3.8) is 0 Å². The Kier molecular flexibility index (Phi) is 7.69. The fraction of sp³-hybridized carbons (Fsp3) is 0.120. The van der Waals surface area contributed by atoms with E-state index >= 15 is 0 Å². The third-order valence-corrected chi connectivity index (χ3v) is 7.07. The molecule has 2 aromatic heterocycles. The lowest BCUT2D eigenvalue weighted by atomic mass is 10.1. The van der Waals surface area contributed by atoms with Gasteiger partial charge in [-0.2, -0.15) is 0 Å². The molecule has 4 aromatic rings. The summed E-state index contributed by atoms with van der Waals surface area (Å²) in [5.74, 6) is 0.416. The highest BCUT2D eigenvalue weighted by Crippen LogP contribution is 2.33. The number of para-hydroxylation sites is 1. The summed E-state index contributed by atoms with van der Waals surface area (Å²) in [4.78, 5) is 19.0. The van der Waals surface area contributed by atoms with Crippen molar-refractivity contribution >= 4 is 39.4 Å². The van der Waals surface area contributed by atoms with Crippen molar-refractivity contribution in [2.45, 2.75) is 6.42 Å². The molecule has 0 N–H and O–H groups in total. The van der Waals surface area contributed by atoms with E-state index in [-0.39, 0.29) is 6.54 Å². The predicted octanol–water partition coefficient (Wildman–Crippen LogP) is 5.29. The second-order valence-electron chi connectivity index (χ2n) is 7.33. The number of carbonyl (C=O) groups excluding carboxylic acids is 1. The quantitative estimate of drug-likeness (QED) is 0.312. The van der Waals surface area contributed by atoms with Crippen LogP contribution in [0.2, 0.25) is 0 Å². The Hall–Kier alpha value is -3.53. The van der Waals surface area contributed by atoms with E-state index in [9.17, 15) is 13.6 Å². The molecule has 7 nitrogen and oxygen atoms in total. The van der Waals surface area contributed by atoms with Gasteiger partial charge in [-0.05, 0) is 60.5 Å². The third-order valence-electron chi connectivity index (χ3n) is 5.08. The molecule has 174 valence electrons. The van der Waals surface area contributed by atoms with Crippen LogP contribution in [0.4, 0.5) is 15.5 Å². The van der Waals surface area contributed by atoms with E-state index in [0.29, 0.717) is 17.2 Å². The van der Waals surface area contributed by atoms with Gasteiger partial charge < -0.3 is 9.29 Å². The molecule has 0 saturated carbocycles. The molecule has 0 saturated heterocycles. The number of benzene rings is 2. The number of nitrogens with zero attached hydrogens (tertiary/aromatic N) is 3. The monoisotopic (exact) mass is 492 g/mol. The lowest BCUT2D eigenvalue weighted by Gasteiger charge is -2.24. The van der Waals surface area contributed by atoms with E-state index in [2.05, 4.69) is 4.98 Å². The second-order valence-corrected chi connectivity index (χ2v) is 9.27. The summed E-state index contributed by atoms with van der Waals surface area (Å²) in [7, 11) is 1.65. The number of pyridine rings is 1. The standard InChI is InChI=1S/C25H23N3O4S2/c1-27(20-7-3-2-4-8-20)25(29)32-21-12-10-19(11-13-21)16-18-28(34(30)31)24-15-14-23(33-24)22-9-5-6-17-26-22/h2-15,17H,16,18H2,1H3,(H,30,31)/p-1. The molecule has 0 fully saturated rings. The van der Waals surface area contributed by atoms with E-state index in [4.69, 9.17) is 4.74 Å². The molecule has 0 aliphatic carbocycles. The van der Waals surface area contributed by atoms with Crippen LogP contribution in [0.5, 0.6) is 5.75 Å². The van der Waals surface area contributed by atoms with E-state index in [0.717, 1.165) is 21.8 Å². The van der Waals surface area contributed by atoms with Crippen LogP contribution in [-0.4, -0.2) is 33.4 Å². The van der Waals surface area contributed by atoms with Crippen molar-refractivity contribution in [3.8, 4) is 16.3 Å². The molecule has 2 heterocycles. The molecule has 1 atom stereocenters. The van der Waals surface area contributed by atoms with E-state index < -0.39 is 17.4 Å². The number of ether oxygens (including phenoxy) is 1. The van der Waals surface area contributed by atoms with Crippen LogP contribution in [0.15, 0.2) is 91.1 Å². The Bertz CT molecular complexity index is 1250. The first-order valence-electron chi connectivity index (χ1n) is 10.5. The van der Waals surface area contributed by atoms with Crippen molar-refractivity contribution in [2.75, 3.05) is 22.8 Å². The minimum Gasteiger partial charge on any atom is -0.755 e. The Balaban J connectivity index is 1.36. The molecule has 1 unspecified atom stereocenters. The van der Waals surface area contributed by atoms with Crippen LogP contribution in [0.1, 0.15) is 5.56 Å². The van der Waals surface area contributed by atoms with Gasteiger partial charge in [-0.1, -0.05) is 36.4 Å². The summed E-state index contributed by atoms with van der Waals surface area (Å²) < 4.78 is 30.5. The average Bonchev–Trinajstić information content (AvgIpc) is 3.35. The molecule has 0 radical (unpaired) electrons. The van der Waals surface area contributed by atoms with Gasteiger partial charge in [0.05, 0.1) is 10.6 Å². The number of thiophene rings is 1. The van der Waals surface area contributed by atoms with Gasteiger partial charge in [0.2, 0.25) is 0 Å². The van der Waals surface area contributed by atoms with Gasteiger partial charge >= 0.3 is 6.09 Å². The zero-order valence-corrected chi connectivity index (χ0v) is 20.0. The van der Waals surface area contributed by atoms with Crippen molar-refractivity contribution in [3.05, 3.63) is 96.7 Å². The topological polar surface area (TPSA) is 85.8 Å². The fourth-order valence-corrected chi connectivity index (χ4v) is 4.91. The molecular weight excluding hydrogens is 470 g/mol. The number of anilines is 2. The predicted molar refractivity (Wildman–Crippen MR) is 135 cm³/mol. The maximum Gasteiger partial charge on any atom is 0.419 e. The molecule has 0 spiro atoms. The lowest BCUT2D eigenvalue weighted by molar-refractivity contribution is 0.209. The normalized spacial score (nSPS) is 11.6. The molecule has 0 aliphatic heterocycles. The van der Waals surface area contributed by atoms with E-state index in [1.54, 1.807) is 31.4 Å². The summed E-state index contributed by atoms with van der Waals surface area (Å²) in [6.07, 6.45) is 1.72. The van der Waals surface area contributed by atoms with Crippen molar-refractivity contribution in [1.29, 1.82) is 0 Å². The highest BCUT2D eigenvalue weighted by molar-refractivity contribution is 7.81. The minimum absolute atomic E-state index is 0.286. The molecule has 2 aromatic carbocycles. The number of hydrogen-bond acceptors (Lipinski definition) is 6. The highest BCUT2D eigenvalue weighted by Gasteiger charge is 2.14. The van der Waals surface area contributed by atoms with Gasteiger partial charge in [-0.15, -0.1) is 11.3 Å². The second kappa shape index (κ2) is 11.1. The first kappa shape index (κ1) is 23.6. The van der Waals surface area contributed by atoms with E-state index in [1.807, 2.05) is 66.7 Å². The Morgan fingerprint density at radius 1 is 1.00 bits per heavy atom. The maximum absolute atomic E-state index is 12.4. The van der Waals surface area contributed by atoms with Gasteiger partial charge in [0, 0.05) is 36.7 Å². The molecule has 9 heteroatoms. The SMILES string of the molecule is CN(C(=O)Oc1ccc(CCN(c2ccc(-c3ccccn3)s2)S(=O)[O-])cc1)c1ccccc1. The smallest absolute Gasteiger partial charge is 0.419 e. The maximum atomic E-state index is 12.4. The summed E-state index contributed by atoms with van der Waals surface area (Å²) in [5.41, 5.74) is 2.46. The molecule has 1 amide bonds. The van der Waals surface area contributed by atoms with Crippen LogP contribution in [0.3, 0.4) is 0 Å². The van der Waals surface area contributed by atoms with Gasteiger partial charge in [0.25, 0.3) is 0 Å². The van der Waals surface area contributed by atoms with Crippen LogP contribution in [0, 0.1) is 0 Å². The molecular formula is C25H22N3O4S2-. The molecule has 0 bridgehead atoms. The summed E-state index contributed by atoms with van der Waals surface area (Å²) >= 11 is -1.03. The third kappa shape index (κ3) is 5.88.